The van der Waals surface area contributed by atoms with Crippen LogP contribution in [0.3, 0.4) is 0 Å². The third-order valence-electron chi connectivity index (χ3n) is 8.83. The first-order valence-corrected chi connectivity index (χ1v) is 14.3. The van der Waals surface area contributed by atoms with Gasteiger partial charge in [0.05, 0.1) is 0 Å². The van der Waals surface area contributed by atoms with Gasteiger partial charge in [-0.15, -0.1) is 0 Å². The number of hydrogen-bond donors (Lipinski definition) is 1. The average Bonchev–Trinajstić information content (AvgIpc) is 3.10. The highest BCUT2D eigenvalue weighted by molar-refractivity contribution is 9.09. The van der Waals surface area contributed by atoms with E-state index in [2.05, 4.69) is 35.0 Å². The second-order valence-electron chi connectivity index (χ2n) is 10.9. The standard InChI is InChI=1S/C29H41BrO3/c1-20(31)33-27-14-13-26-28-21(10-8-6-4-3-5-7-9-17-30)18-22-19-23(32)11-12-24(22)25(28)15-16-29(26,27)2/h11-12,18-19,25-28,32H,3-10,13-17H2,1-2H3/t25?,26?,27-,28?,29-/m0/s1. The van der Waals surface area contributed by atoms with Gasteiger partial charge >= 0.3 is 5.97 Å². The number of hydrogen-bond acceptors (Lipinski definition) is 3. The molecule has 0 aliphatic heterocycles. The predicted molar refractivity (Wildman–Crippen MR) is 139 cm³/mol. The van der Waals surface area contributed by atoms with E-state index in [1.54, 1.807) is 12.5 Å². The van der Waals surface area contributed by atoms with Gasteiger partial charge in [0.2, 0.25) is 0 Å². The molecule has 1 aromatic rings. The number of ether oxygens (including phenoxy) is 1. The van der Waals surface area contributed by atoms with Crippen LogP contribution in [0.2, 0.25) is 0 Å². The molecule has 0 heterocycles. The molecule has 0 spiro atoms. The largest absolute Gasteiger partial charge is 0.508 e. The van der Waals surface area contributed by atoms with Crippen molar-refractivity contribution in [1.29, 1.82) is 0 Å². The van der Waals surface area contributed by atoms with Crippen molar-refractivity contribution in [3.8, 4) is 5.75 Å². The normalized spacial score (nSPS) is 30.2. The number of phenolic OH excluding ortho intramolecular Hbond substituents is 1. The number of benzene rings is 1. The van der Waals surface area contributed by atoms with Crippen LogP contribution in [0.25, 0.3) is 6.08 Å². The molecule has 4 rings (SSSR count). The molecule has 0 radical (unpaired) electrons. The summed E-state index contributed by atoms with van der Waals surface area (Å²) in [4.78, 5) is 11.8. The summed E-state index contributed by atoms with van der Waals surface area (Å²) in [6.45, 7) is 3.93. The fourth-order valence-corrected chi connectivity index (χ4v) is 7.62. The SMILES string of the molecule is CC(=O)O[C@H]1CCC2C3C(CCCCCCCCCBr)=Cc4cc(O)ccc4C3CC[C@@]21C. The molecule has 2 saturated carbocycles. The Hall–Kier alpha value is -1.29. The lowest BCUT2D eigenvalue weighted by Gasteiger charge is -2.50. The van der Waals surface area contributed by atoms with Gasteiger partial charge in [-0.25, -0.2) is 0 Å². The van der Waals surface area contributed by atoms with Crippen LogP contribution >= 0.6 is 15.9 Å². The Labute approximate surface area is 208 Å². The van der Waals surface area contributed by atoms with Gasteiger partial charge in [-0.3, -0.25) is 4.79 Å². The average molecular weight is 518 g/mol. The summed E-state index contributed by atoms with van der Waals surface area (Å²) in [5.41, 5.74) is 4.29. The summed E-state index contributed by atoms with van der Waals surface area (Å²) in [7, 11) is 0. The maximum Gasteiger partial charge on any atom is 0.302 e. The number of aromatic hydroxyl groups is 1. The number of alkyl halides is 1. The topological polar surface area (TPSA) is 46.5 Å². The number of halogens is 1. The van der Waals surface area contributed by atoms with Crippen molar-refractivity contribution < 1.29 is 14.6 Å². The lowest BCUT2D eigenvalue weighted by Crippen LogP contribution is -2.45. The molecule has 0 saturated heterocycles. The Bertz CT molecular complexity index is 862. The molecular weight excluding hydrogens is 476 g/mol. The number of carbonyl (C=O) groups is 1. The number of unbranched alkanes of at least 4 members (excludes halogenated alkanes) is 6. The minimum atomic E-state index is -0.139. The van der Waals surface area contributed by atoms with Crippen molar-refractivity contribution in [3.63, 3.8) is 0 Å². The Morgan fingerprint density at radius 3 is 2.55 bits per heavy atom. The van der Waals surface area contributed by atoms with Gasteiger partial charge < -0.3 is 9.84 Å². The van der Waals surface area contributed by atoms with E-state index in [9.17, 15) is 9.90 Å². The van der Waals surface area contributed by atoms with Crippen LogP contribution in [0, 0.1) is 17.3 Å². The molecule has 182 valence electrons. The van der Waals surface area contributed by atoms with Crippen LogP contribution < -0.4 is 0 Å². The molecule has 3 aliphatic rings. The van der Waals surface area contributed by atoms with E-state index in [4.69, 9.17) is 4.74 Å². The van der Waals surface area contributed by atoms with Crippen molar-refractivity contribution in [1.82, 2.24) is 0 Å². The van der Waals surface area contributed by atoms with Crippen LogP contribution in [0.1, 0.15) is 108 Å². The number of rotatable bonds is 10. The smallest absolute Gasteiger partial charge is 0.302 e. The van der Waals surface area contributed by atoms with Crippen molar-refractivity contribution in [2.45, 2.75) is 103 Å². The molecule has 5 atom stereocenters. The first-order chi connectivity index (χ1) is 15.9. The Balaban J connectivity index is 1.49. The first-order valence-electron chi connectivity index (χ1n) is 13.2. The quantitative estimate of drug-likeness (QED) is 0.194. The van der Waals surface area contributed by atoms with E-state index in [-0.39, 0.29) is 17.5 Å². The number of allylic oxidation sites excluding steroid dienone is 1. The van der Waals surface area contributed by atoms with Gasteiger partial charge in [-0.05, 0) is 86.0 Å². The fraction of sp³-hybridized carbons (Fsp3) is 0.690. The van der Waals surface area contributed by atoms with Gasteiger partial charge in [0.25, 0.3) is 0 Å². The molecule has 0 amide bonds. The lowest BCUT2D eigenvalue weighted by molar-refractivity contribution is -0.154. The molecule has 3 aliphatic carbocycles. The van der Waals surface area contributed by atoms with Crippen LogP contribution in [0.15, 0.2) is 23.8 Å². The highest BCUT2D eigenvalue weighted by Gasteiger charge is 2.56. The molecule has 0 bridgehead atoms. The number of carbonyl (C=O) groups excluding carboxylic acids is 1. The number of fused-ring (bicyclic) bond motifs is 5. The van der Waals surface area contributed by atoms with Crippen LogP contribution in [-0.4, -0.2) is 22.5 Å². The minimum Gasteiger partial charge on any atom is -0.508 e. The summed E-state index contributed by atoms with van der Waals surface area (Å²) in [6, 6.07) is 5.97. The first kappa shape index (κ1) is 24.8. The fourth-order valence-electron chi connectivity index (χ4n) is 7.22. The monoisotopic (exact) mass is 516 g/mol. The lowest BCUT2D eigenvalue weighted by atomic mass is 9.54. The Morgan fingerprint density at radius 1 is 1.09 bits per heavy atom. The van der Waals surface area contributed by atoms with Gasteiger partial charge in [0.1, 0.15) is 11.9 Å². The zero-order valence-corrected chi connectivity index (χ0v) is 22.0. The molecule has 1 aromatic carbocycles. The highest BCUT2D eigenvalue weighted by atomic mass is 79.9. The van der Waals surface area contributed by atoms with E-state index in [0.717, 1.165) is 37.4 Å². The summed E-state index contributed by atoms with van der Waals surface area (Å²) in [5.74, 6) is 1.86. The van der Waals surface area contributed by atoms with Gasteiger partial charge in [0.15, 0.2) is 0 Å². The summed E-state index contributed by atoms with van der Waals surface area (Å²) >= 11 is 3.52. The van der Waals surface area contributed by atoms with Crippen LogP contribution in [-0.2, 0) is 9.53 Å². The molecule has 2 fully saturated rings. The van der Waals surface area contributed by atoms with E-state index in [1.807, 2.05) is 12.1 Å². The minimum absolute atomic E-state index is 0.0583. The molecule has 3 nitrogen and oxygen atoms in total. The number of phenols is 1. The Morgan fingerprint density at radius 2 is 1.82 bits per heavy atom. The zero-order valence-electron chi connectivity index (χ0n) is 20.5. The highest BCUT2D eigenvalue weighted by Crippen LogP contribution is 2.63. The van der Waals surface area contributed by atoms with Gasteiger partial charge in [-0.1, -0.05) is 72.7 Å². The van der Waals surface area contributed by atoms with Crippen LogP contribution in [0.4, 0.5) is 0 Å². The third-order valence-corrected chi connectivity index (χ3v) is 9.39. The second kappa shape index (κ2) is 11.0. The maximum absolute atomic E-state index is 11.8. The van der Waals surface area contributed by atoms with E-state index < -0.39 is 0 Å². The molecule has 33 heavy (non-hydrogen) atoms. The summed E-state index contributed by atoms with van der Waals surface area (Å²) < 4.78 is 5.84. The van der Waals surface area contributed by atoms with Gasteiger partial charge in [0, 0.05) is 17.7 Å². The molecule has 1 N–H and O–H groups in total. The van der Waals surface area contributed by atoms with Gasteiger partial charge in [-0.2, -0.15) is 0 Å². The zero-order chi connectivity index (χ0) is 23.4. The maximum atomic E-state index is 11.8. The summed E-state index contributed by atoms with van der Waals surface area (Å²) in [5, 5.41) is 11.3. The van der Waals surface area contributed by atoms with Crippen molar-refractivity contribution in [2.75, 3.05) is 5.33 Å². The predicted octanol–water partition coefficient (Wildman–Crippen LogP) is 8.15. The molecular formula is C29H41BrO3. The van der Waals surface area contributed by atoms with Crippen molar-refractivity contribution >= 4 is 28.0 Å². The molecule has 4 heteroatoms. The number of esters is 1. The molecule has 0 aromatic heterocycles. The van der Waals surface area contributed by atoms with Crippen molar-refractivity contribution in [3.05, 3.63) is 34.9 Å². The second-order valence-corrected chi connectivity index (χ2v) is 11.7. The summed E-state index contributed by atoms with van der Waals surface area (Å²) in [6.07, 6.45) is 17.2. The van der Waals surface area contributed by atoms with Crippen LogP contribution in [0.5, 0.6) is 5.75 Å². The Kier molecular flexibility index (Phi) is 8.25. The van der Waals surface area contributed by atoms with Crippen molar-refractivity contribution in [2.24, 2.45) is 17.3 Å². The van der Waals surface area contributed by atoms with E-state index in [1.165, 1.54) is 56.1 Å². The third kappa shape index (κ3) is 5.36. The van der Waals surface area contributed by atoms with E-state index in [0.29, 0.717) is 23.5 Å². The van der Waals surface area contributed by atoms with E-state index >= 15 is 0 Å². The molecule has 3 unspecified atom stereocenters.